The fourth-order valence-electron chi connectivity index (χ4n) is 2.85. The molecule has 3 rings (SSSR count). The summed E-state index contributed by atoms with van der Waals surface area (Å²) in [5, 5.41) is 6.65. The van der Waals surface area contributed by atoms with Crippen molar-refractivity contribution in [1.82, 2.24) is 10.3 Å². The molecule has 0 spiro atoms. The summed E-state index contributed by atoms with van der Waals surface area (Å²) in [5.41, 5.74) is 0.640. The Hall–Kier alpha value is -0.460. The van der Waals surface area contributed by atoms with E-state index in [-0.39, 0.29) is 5.75 Å². The van der Waals surface area contributed by atoms with Crippen LogP contribution in [0.1, 0.15) is 56.2 Å². The molecule has 20 heavy (non-hydrogen) atoms. The van der Waals surface area contributed by atoms with Crippen molar-refractivity contribution in [3.63, 3.8) is 0 Å². The molecule has 0 amide bonds. The van der Waals surface area contributed by atoms with Crippen LogP contribution < -0.4 is 5.32 Å². The third kappa shape index (κ3) is 2.92. The van der Waals surface area contributed by atoms with Gasteiger partial charge in [0.2, 0.25) is 0 Å². The monoisotopic (exact) mass is 314 g/mol. The number of aromatic nitrogens is 1. The molecule has 0 aromatic carbocycles. The van der Waals surface area contributed by atoms with Gasteiger partial charge in [0.05, 0.1) is 22.7 Å². The van der Waals surface area contributed by atoms with Crippen molar-refractivity contribution in [3.05, 3.63) is 16.1 Å². The number of hydrogen-bond donors (Lipinski definition) is 1. The molecule has 4 nitrogen and oxygen atoms in total. The lowest BCUT2D eigenvalue weighted by Crippen LogP contribution is -2.51. The molecular weight excluding hydrogens is 292 g/mol. The topological polar surface area (TPSA) is 59.1 Å². The van der Waals surface area contributed by atoms with Crippen LogP contribution >= 0.6 is 11.3 Å². The predicted molar refractivity (Wildman–Crippen MR) is 81.9 cm³/mol. The second-order valence-corrected chi connectivity index (χ2v) is 9.47. The van der Waals surface area contributed by atoms with Gasteiger partial charge in [0, 0.05) is 11.4 Å². The minimum absolute atomic E-state index is 0.210. The largest absolute Gasteiger partial charge is 0.302 e. The maximum absolute atomic E-state index is 12.1. The van der Waals surface area contributed by atoms with Gasteiger partial charge >= 0.3 is 0 Å². The summed E-state index contributed by atoms with van der Waals surface area (Å²) in [6.07, 6.45) is 3.93. The van der Waals surface area contributed by atoms with E-state index in [1.54, 1.807) is 11.3 Å². The van der Waals surface area contributed by atoms with Crippen molar-refractivity contribution in [2.45, 2.75) is 57.0 Å². The Labute approximate surface area is 124 Å². The Balaban J connectivity index is 1.95. The molecular formula is C14H22N2O2S2. The zero-order valence-corrected chi connectivity index (χ0v) is 13.7. The second kappa shape index (κ2) is 5.07. The number of rotatable bonds is 4. The van der Waals surface area contributed by atoms with Crippen molar-refractivity contribution < 1.29 is 8.42 Å². The number of thiazole rings is 1. The maximum Gasteiger partial charge on any atom is 0.152 e. The molecule has 2 fully saturated rings. The van der Waals surface area contributed by atoms with Crippen LogP contribution in [-0.4, -0.2) is 30.9 Å². The fraction of sp³-hybridized carbons (Fsp3) is 0.786. The molecule has 6 heteroatoms. The van der Waals surface area contributed by atoms with E-state index < -0.39 is 15.4 Å². The summed E-state index contributed by atoms with van der Waals surface area (Å²) in [4.78, 5) is 4.74. The average molecular weight is 314 g/mol. The van der Waals surface area contributed by atoms with Crippen molar-refractivity contribution in [3.8, 4) is 0 Å². The Morgan fingerprint density at radius 1 is 1.45 bits per heavy atom. The van der Waals surface area contributed by atoms with E-state index in [2.05, 4.69) is 24.5 Å². The van der Waals surface area contributed by atoms with E-state index in [9.17, 15) is 8.42 Å². The summed E-state index contributed by atoms with van der Waals surface area (Å²) in [7, 11) is -2.96. The molecule has 1 N–H and O–H groups in total. The predicted octanol–water partition coefficient (Wildman–Crippen LogP) is 2.42. The van der Waals surface area contributed by atoms with Crippen LogP contribution in [0.25, 0.3) is 0 Å². The zero-order chi connectivity index (χ0) is 14.4. The van der Waals surface area contributed by atoms with Gasteiger partial charge in [-0.2, -0.15) is 0 Å². The number of hydrogen-bond acceptors (Lipinski definition) is 5. The van der Waals surface area contributed by atoms with E-state index in [0.29, 0.717) is 17.7 Å². The summed E-state index contributed by atoms with van der Waals surface area (Å²) >= 11 is 1.62. The van der Waals surface area contributed by atoms with Crippen LogP contribution in [0, 0.1) is 0 Å². The van der Waals surface area contributed by atoms with Crippen molar-refractivity contribution >= 4 is 21.2 Å². The lowest BCUT2D eigenvalue weighted by molar-refractivity contribution is 0.322. The molecule has 2 aliphatic rings. The highest BCUT2D eigenvalue weighted by molar-refractivity contribution is 7.91. The molecule has 1 aliphatic heterocycles. The van der Waals surface area contributed by atoms with E-state index in [1.165, 1.54) is 0 Å². The fourth-order valence-corrected chi connectivity index (χ4v) is 5.96. The molecule has 1 saturated heterocycles. The van der Waals surface area contributed by atoms with Crippen molar-refractivity contribution in [2.75, 3.05) is 11.5 Å². The average Bonchev–Trinajstić information content (AvgIpc) is 3.00. The number of sulfone groups is 1. The molecule has 0 bridgehead atoms. The standard InChI is InChI=1S/C14H22N2O2S2/c1-10(2)12-8-19-13(15-12)14(16-11-4-5-11)6-3-7-20(17,18)9-14/h8,10-11,16H,3-7,9H2,1-2H3. The van der Waals surface area contributed by atoms with Crippen LogP contribution in [0.15, 0.2) is 5.38 Å². The van der Waals surface area contributed by atoms with Crippen LogP contribution in [-0.2, 0) is 15.4 Å². The molecule has 1 saturated carbocycles. The van der Waals surface area contributed by atoms with Crippen LogP contribution in [0.5, 0.6) is 0 Å². The van der Waals surface area contributed by atoms with Gasteiger partial charge in [0.25, 0.3) is 0 Å². The van der Waals surface area contributed by atoms with E-state index in [4.69, 9.17) is 4.98 Å². The first-order chi connectivity index (χ1) is 9.40. The molecule has 1 atom stereocenters. The van der Waals surface area contributed by atoms with Gasteiger partial charge in [-0.1, -0.05) is 13.8 Å². The third-order valence-corrected chi connectivity index (χ3v) is 7.01. The van der Waals surface area contributed by atoms with Gasteiger partial charge in [-0.15, -0.1) is 11.3 Å². The summed E-state index contributed by atoms with van der Waals surface area (Å²) in [6.45, 7) is 4.24. The molecule has 1 aromatic rings. The molecule has 112 valence electrons. The van der Waals surface area contributed by atoms with Gasteiger partial charge in [0.15, 0.2) is 9.84 Å². The lowest BCUT2D eigenvalue weighted by Gasteiger charge is -2.36. The molecule has 1 unspecified atom stereocenters. The highest BCUT2D eigenvalue weighted by atomic mass is 32.2. The summed E-state index contributed by atoms with van der Waals surface area (Å²) in [5.74, 6) is 0.920. The smallest absolute Gasteiger partial charge is 0.152 e. The minimum Gasteiger partial charge on any atom is -0.302 e. The molecule has 2 heterocycles. The normalized spacial score (nSPS) is 29.8. The SMILES string of the molecule is CC(C)c1csc(C2(NC3CC3)CCCS(=O)(=O)C2)n1. The first kappa shape index (κ1) is 14.5. The Morgan fingerprint density at radius 3 is 2.75 bits per heavy atom. The van der Waals surface area contributed by atoms with Gasteiger partial charge in [-0.3, -0.25) is 0 Å². The summed E-state index contributed by atoms with van der Waals surface area (Å²) in [6, 6.07) is 0.481. The van der Waals surface area contributed by atoms with E-state index in [1.807, 2.05) is 0 Å². The minimum atomic E-state index is -2.96. The number of nitrogens with zero attached hydrogens (tertiary/aromatic N) is 1. The molecule has 1 aromatic heterocycles. The van der Waals surface area contributed by atoms with Gasteiger partial charge in [-0.25, -0.2) is 13.4 Å². The quantitative estimate of drug-likeness (QED) is 0.927. The lowest BCUT2D eigenvalue weighted by atomic mass is 9.95. The number of nitrogens with one attached hydrogen (secondary N) is 1. The summed E-state index contributed by atoms with van der Waals surface area (Å²) < 4.78 is 24.2. The van der Waals surface area contributed by atoms with Crippen molar-refractivity contribution in [1.29, 1.82) is 0 Å². The second-order valence-electron chi connectivity index (χ2n) is 6.43. The van der Waals surface area contributed by atoms with Crippen LogP contribution in [0.4, 0.5) is 0 Å². The van der Waals surface area contributed by atoms with Gasteiger partial charge in [0.1, 0.15) is 5.01 Å². The van der Waals surface area contributed by atoms with E-state index in [0.717, 1.165) is 36.4 Å². The van der Waals surface area contributed by atoms with E-state index >= 15 is 0 Å². The Morgan fingerprint density at radius 2 is 2.20 bits per heavy atom. The van der Waals surface area contributed by atoms with Crippen LogP contribution in [0.3, 0.4) is 0 Å². The van der Waals surface area contributed by atoms with Gasteiger partial charge in [-0.05, 0) is 31.6 Å². The molecule has 0 radical (unpaired) electrons. The first-order valence-electron chi connectivity index (χ1n) is 7.34. The van der Waals surface area contributed by atoms with Gasteiger partial charge < -0.3 is 5.32 Å². The third-order valence-electron chi connectivity index (χ3n) is 4.11. The first-order valence-corrected chi connectivity index (χ1v) is 10.0. The Bertz CT molecular complexity index is 590. The molecule has 1 aliphatic carbocycles. The maximum atomic E-state index is 12.1. The zero-order valence-electron chi connectivity index (χ0n) is 12.1. The highest BCUT2D eigenvalue weighted by Crippen LogP contribution is 2.38. The Kier molecular flexibility index (Phi) is 3.67. The van der Waals surface area contributed by atoms with Crippen LogP contribution in [0.2, 0.25) is 0 Å². The van der Waals surface area contributed by atoms with Crippen molar-refractivity contribution in [2.24, 2.45) is 0 Å². The highest BCUT2D eigenvalue weighted by Gasteiger charge is 2.45.